The summed E-state index contributed by atoms with van der Waals surface area (Å²) in [6, 6.07) is 9.31. The molecule has 0 saturated heterocycles. The molecule has 1 N–H and O–H groups in total. The minimum Gasteiger partial charge on any atom is -0.496 e. The number of para-hydroxylation sites is 1. The summed E-state index contributed by atoms with van der Waals surface area (Å²) in [6.45, 7) is 0. The Morgan fingerprint density at radius 1 is 1.32 bits per heavy atom. The van der Waals surface area contributed by atoms with E-state index in [1.165, 1.54) is 31.2 Å². The first-order valence-corrected chi connectivity index (χ1v) is 7.94. The normalized spacial score (nSPS) is 25.4. The van der Waals surface area contributed by atoms with Gasteiger partial charge in [-0.15, -0.1) is 0 Å². The molecule has 0 unspecified atom stereocenters. The van der Waals surface area contributed by atoms with E-state index in [9.17, 15) is 0 Å². The number of methoxy groups -OCH3 is 1. The molecule has 0 bridgehead atoms. The molecule has 2 atom stereocenters. The van der Waals surface area contributed by atoms with Crippen LogP contribution in [0.15, 0.2) is 29.3 Å². The highest BCUT2D eigenvalue weighted by Crippen LogP contribution is 2.29. The second-order valence-corrected chi connectivity index (χ2v) is 6.10. The van der Waals surface area contributed by atoms with Crippen LogP contribution in [0.25, 0.3) is 0 Å². The van der Waals surface area contributed by atoms with Gasteiger partial charge in [-0.2, -0.15) is 0 Å². The summed E-state index contributed by atoms with van der Waals surface area (Å²) < 4.78 is 5.38. The first kappa shape index (κ1) is 12.9. The molecule has 0 radical (unpaired) electrons. The van der Waals surface area contributed by atoms with Gasteiger partial charge in [0.05, 0.1) is 19.2 Å². The molecule has 1 heterocycles. The van der Waals surface area contributed by atoms with Gasteiger partial charge in [-0.25, -0.2) is 0 Å². The van der Waals surface area contributed by atoms with Crippen molar-refractivity contribution < 1.29 is 4.74 Å². The predicted octanol–water partition coefficient (Wildman–Crippen LogP) is 3.20. The first-order valence-electron chi connectivity index (χ1n) is 6.96. The highest BCUT2D eigenvalue weighted by molar-refractivity contribution is 8.13. The maximum absolute atomic E-state index is 5.38. The van der Waals surface area contributed by atoms with Gasteiger partial charge in [0.1, 0.15) is 5.75 Å². The van der Waals surface area contributed by atoms with E-state index in [1.54, 1.807) is 18.9 Å². The fourth-order valence-corrected chi connectivity index (χ4v) is 3.80. The molecule has 3 nitrogen and oxygen atoms in total. The van der Waals surface area contributed by atoms with Gasteiger partial charge in [-0.3, -0.25) is 4.99 Å². The van der Waals surface area contributed by atoms with Crippen LogP contribution >= 0.6 is 11.8 Å². The molecule has 1 saturated carbocycles. The Kier molecular flexibility index (Phi) is 3.97. The number of benzene rings is 1. The lowest BCUT2D eigenvalue weighted by Crippen LogP contribution is -2.36. The van der Waals surface area contributed by atoms with Crippen LogP contribution in [0, 0.1) is 0 Å². The SMILES string of the molecule is COc1ccccc1CSC1=N[C@H]2CCCC[C@@H]2N1. The summed E-state index contributed by atoms with van der Waals surface area (Å²) in [4.78, 5) is 4.81. The molecule has 0 amide bonds. The lowest BCUT2D eigenvalue weighted by atomic mass is 9.92. The van der Waals surface area contributed by atoms with E-state index in [0.29, 0.717) is 12.1 Å². The van der Waals surface area contributed by atoms with E-state index >= 15 is 0 Å². The Morgan fingerprint density at radius 2 is 2.16 bits per heavy atom. The number of fused-ring (bicyclic) bond motifs is 1. The van der Waals surface area contributed by atoms with Gasteiger partial charge in [0.25, 0.3) is 0 Å². The molecule has 4 heteroatoms. The molecule has 1 aliphatic heterocycles. The Hall–Kier alpha value is -1.16. The number of amidine groups is 1. The van der Waals surface area contributed by atoms with Crippen molar-refractivity contribution in [1.29, 1.82) is 0 Å². The number of hydrogen-bond donors (Lipinski definition) is 1. The Balaban J connectivity index is 1.61. The molecule has 102 valence electrons. The lowest BCUT2D eigenvalue weighted by Gasteiger charge is -2.23. The van der Waals surface area contributed by atoms with Gasteiger partial charge in [0.15, 0.2) is 5.17 Å². The van der Waals surface area contributed by atoms with Crippen LogP contribution < -0.4 is 10.1 Å². The molecule has 1 aromatic carbocycles. The molecule has 1 fully saturated rings. The average molecular weight is 276 g/mol. The lowest BCUT2D eigenvalue weighted by molar-refractivity contribution is 0.385. The number of nitrogens with zero attached hydrogens (tertiary/aromatic N) is 1. The molecule has 0 aromatic heterocycles. The summed E-state index contributed by atoms with van der Waals surface area (Å²) in [7, 11) is 1.73. The van der Waals surface area contributed by atoms with Gasteiger partial charge in [-0.05, 0) is 18.9 Å². The van der Waals surface area contributed by atoms with Gasteiger partial charge in [0.2, 0.25) is 0 Å². The summed E-state index contributed by atoms with van der Waals surface area (Å²) in [5.41, 5.74) is 1.23. The molecule has 19 heavy (non-hydrogen) atoms. The monoisotopic (exact) mass is 276 g/mol. The molecule has 1 aromatic rings. The fourth-order valence-electron chi connectivity index (χ4n) is 2.83. The third-order valence-electron chi connectivity index (χ3n) is 3.88. The maximum atomic E-state index is 5.38. The Labute approximate surface area is 118 Å². The number of aliphatic imine (C=N–C) groups is 1. The minimum atomic E-state index is 0.522. The number of thioether (sulfide) groups is 1. The van der Waals surface area contributed by atoms with Crippen LogP contribution in [-0.2, 0) is 5.75 Å². The third kappa shape index (κ3) is 2.89. The molecule has 2 aliphatic rings. The fraction of sp³-hybridized carbons (Fsp3) is 0.533. The van der Waals surface area contributed by atoms with E-state index in [2.05, 4.69) is 17.4 Å². The summed E-state index contributed by atoms with van der Waals surface area (Å²) in [5.74, 6) is 1.88. The van der Waals surface area contributed by atoms with Crippen molar-refractivity contribution in [2.45, 2.75) is 43.5 Å². The summed E-state index contributed by atoms with van der Waals surface area (Å²) in [5, 5.41) is 4.69. The summed E-state index contributed by atoms with van der Waals surface area (Å²) >= 11 is 1.79. The van der Waals surface area contributed by atoms with Crippen molar-refractivity contribution in [3.63, 3.8) is 0 Å². The molecular formula is C15H20N2OS. The zero-order valence-electron chi connectivity index (χ0n) is 11.3. The Bertz CT molecular complexity index is 475. The molecule has 1 aliphatic carbocycles. The highest BCUT2D eigenvalue weighted by Gasteiger charge is 2.30. The van der Waals surface area contributed by atoms with Crippen molar-refractivity contribution in [3.8, 4) is 5.75 Å². The third-order valence-corrected chi connectivity index (χ3v) is 4.83. The van der Waals surface area contributed by atoms with Gasteiger partial charge in [-0.1, -0.05) is 42.8 Å². The van der Waals surface area contributed by atoms with Crippen LogP contribution in [0.5, 0.6) is 5.75 Å². The van der Waals surface area contributed by atoms with E-state index in [4.69, 9.17) is 9.73 Å². The first-order chi connectivity index (χ1) is 9.36. The maximum Gasteiger partial charge on any atom is 0.157 e. The van der Waals surface area contributed by atoms with Crippen LogP contribution in [0.1, 0.15) is 31.2 Å². The predicted molar refractivity (Wildman–Crippen MR) is 80.9 cm³/mol. The number of rotatable bonds is 3. The van der Waals surface area contributed by atoms with Crippen LogP contribution in [0.3, 0.4) is 0 Å². The zero-order chi connectivity index (χ0) is 13.1. The quantitative estimate of drug-likeness (QED) is 0.920. The minimum absolute atomic E-state index is 0.522. The molecular weight excluding hydrogens is 256 g/mol. The van der Waals surface area contributed by atoms with E-state index in [0.717, 1.165) is 16.7 Å². The van der Waals surface area contributed by atoms with Crippen molar-refractivity contribution in [2.75, 3.05) is 7.11 Å². The van der Waals surface area contributed by atoms with Gasteiger partial charge >= 0.3 is 0 Å². The van der Waals surface area contributed by atoms with E-state index in [-0.39, 0.29) is 0 Å². The second-order valence-electron chi connectivity index (χ2n) is 5.14. The van der Waals surface area contributed by atoms with E-state index in [1.807, 2.05) is 12.1 Å². The van der Waals surface area contributed by atoms with Gasteiger partial charge in [0, 0.05) is 11.3 Å². The standard InChI is InChI=1S/C15H20N2OS/c1-18-14-9-5-2-6-11(14)10-19-15-16-12-7-3-4-8-13(12)17-15/h2,5-6,9,12-13H,3-4,7-8,10H2,1H3,(H,16,17)/t12-,13-/m0/s1. The molecule has 0 spiro atoms. The van der Waals surface area contributed by atoms with Crippen molar-refractivity contribution >= 4 is 16.9 Å². The van der Waals surface area contributed by atoms with Crippen molar-refractivity contribution in [1.82, 2.24) is 5.32 Å². The topological polar surface area (TPSA) is 33.6 Å². The highest BCUT2D eigenvalue weighted by atomic mass is 32.2. The number of nitrogens with one attached hydrogen (secondary N) is 1. The van der Waals surface area contributed by atoms with Crippen LogP contribution in [0.4, 0.5) is 0 Å². The van der Waals surface area contributed by atoms with Gasteiger partial charge < -0.3 is 10.1 Å². The van der Waals surface area contributed by atoms with E-state index < -0.39 is 0 Å². The van der Waals surface area contributed by atoms with Crippen LogP contribution in [-0.4, -0.2) is 24.4 Å². The second kappa shape index (κ2) is 5.87. The summed E-state index contributed by atoms with van der Waals surface area (Å²) in [6.07, 6.45) is 5.19. The smallest absolute Gasteiger partial charge is 0.157 e. The molecule has 3 rings (SSSR count). The van der Waals surface area contributed by atoms with Crippen molar-refractivity contribution in [2.24, 2.45) is 4.99 Å². The number of ether oxygens (including phenoxy) is 1. The van der Waals surface area contributed by atoms with Crippen molar-refractivity contribution in [3.05, 3.63) is 29.8 Å². The largest absolute Gasteiger partial charge is 0.496 e. The Morgan fingerprint density at radius 3 is 3.00 bits per heavy atom. The zero-order valence-corrected chi connectivity index (χ0v) is 12.1. The van der Waals surface area contributed by atoms with Crippen LogP contribution in [0.2, 0.25) is 0 Å². The average Bonchev–Trinajstić information content (AvgIpc) is 2.88. The number of hydrogen-bond acceptors (Lipinski definition) is 4.